The zero-order valence-corrected chi connectivity index (χ0v) is 8.26. The predicted octanol–water partition coefficient (Wildman–Crippen LogP) is 1.23. The number of rotatable bonds is 4. The van der Waals surface area contributed by atoms with Gasteiger partial charge in [0, 0.05) is 12.5 Å². The maximum absolute atomic E-state index is 10.9. The molecule has 13 heavy (non-hydrogen) atoms. The Bertz CT molecular complexity index is 224. The van der Waals surface area contributed by atoms with Gasteiger partial charge in [-0.1, -0.05) is 6.58 Å². The third kappa shape index (κ3) is 5.25. The standard InChI is InChI=1S/C8H11ClO4/c1-5(2)8(11)13-6(3)12-7(10)4-9/h6H,1,4H2,2-3H3. The Kier molecular flexibility index (Phi) is 5.14. The number of carbonyl (C=O) groups excluding carboxylic acids is 2. The first-order chi connectivity index (χ1) is 5.97. The van der Waals surface area contributed by atoms with Crippen molar-refractivity contribution in [1.29, 1.82) is 0 Å². The van der Waals surface area contributed by atoms with E-state index in [-0.39, 0.29) is 11.5 Å². The summed E-state index contributed by atoms with van der Waals surface area (Å²) in [6.45, 7) is 6.29. The SMILES string of the molecule is C=C(C)C(=O)OC(C)OC(=O)CCl. The lowest BCUT2D eigenvalue weighted by Gasteiger charge is -2.12. The molecule has 0 aliphatic carbocycles. The van der Waals surface area contributed by atoms with Crippen LogP contribution in [0.1, 0.15) is 13.8 Å². The molecule has 1 unspecified atom stereocenters. The maximum Gasteiger partial charge on any atom is 0.336 e. The van der Waals surface area contributed by atoms with Gasteiger partial charge in [0.1, 0.15) is 5.88 Å². The van der Waals surface area contributed by atoms with Crippen molar-refractivity contribution < 1.29 is 19.1 Å². The van der Waals surface area contributed by atoms with Crippen LogP contribution in [0.5, 0.6) is 0 Å². The average molecular weight is 207 g/mol. The molecule has 74 valence electrons. The van der Waals surface area contributed by atoms with Crippen LogP contribution in [0.15, 0.2) is 12.2 Å². The molecule has 0 aromatic carbocycles. The van der Waals surface area contributed by atoms with E-state index in [9.17, 15) is 9.59 Å². The number of ether oxygens (including phenoxy) is 2. The highest BCUT2D eigenvalue weighted by molar-refractivity contribution is 6.26. The van der Waals surface area contributed by atoms with Crippen LogP contribution in [-0.2, 0) is 19.1 Å². The Morgan fingerprint density at radius 2 is 2.00 bits per heavy atom. The molecule has 0 amide bonds. The van der Waals surface area contributed by atoms with E-state index < -0.39 is 18.2 Å². The van der Waals surface area contributed by atoms with Crippen molar-refractivity contribution in [2.75, 3.05) is 5.88 Å². The normalized spacial score (nSPS) is 11.6. The molecular formula is C8H11ClO4. The van der Waals surface area contributed by atoms with Gasteiger partial charge in [0.15, 0.2) is 0 Å². The molecule has 0 saturated heterocycles. The van der Waals surface area contributed by atoms with Crippen LogP contribution in [0.2, 0.25) is 0 Å². The molecule has 0 fully saturated rings. The highest BCUT2D eigenvalue weighted by Gasteiger charge is 2.13. The van der Waals surface area contributed by atoms with E-state index in [4.69, 9.17) is 11.6 Å². The summed E-state index contributed by atoms with van der Waals surface area (Å²) in [6, 6.07) is 0. The Hall–Kier alpha value is -1.03. The molecule has 0 heterocycles. The summed E-state index contributed by atoms with van der Waals surface area (Å²) < 4.78 is 9.21. The van der Waals surface area contributed by atoms with Crippen LogP contribution < -0.4 is 0 Å². The molecule has 0 bridgehead atoms. The molecule has 5 heteroatoms. The summed E-state index contributed by atoms with van der Waals surface area (Å²) in [5, 5.41) is 0. The summed E-state index contributed by atoms with van der Waals surface area (Å²) in [5.74, 6) is -1.51. The second-order valence-corrected chi connectivity index (χ2v) is 2.64. The molecule has 4 nitrogen and oxygen atoms in total. The second-order valence-electron chi connectivity index (χ2n) is 2.38. The van der Waals surface area contributed by atoms with Crippen molar-refractivity contribution >= 4 is 23.5 Å². The summed E-state index contributed by atoms with van der Waals surface area (Å²) in [7, 11) is 0. The second kappa shape index (κ2) is 5.59. The van der Waals surface area contributed by atoms with E-state index in [0.717, 1.165) is 0 Å². The third-order valence-electron chi connectivity index (χ3n) is 1.03. The molecule has 0 aromatic rings. The maximum atomic E-state index is 10.9. The summed E-state index contributed by atoms with van der Waals surface area (Å²) in [6.07, 6.45) is -0.935. The van der Waals surface area contributed by atoms with E-state index in [0.29, 0.717) is 0 Å². The van der Waals surface area contributed by atoms with E-state index >= 15 is 0 Å². The summed E-state index contributed by atoms with van der Waals surface area (Å²) in [5.41, 5.74) is 0.244. The predicted molar refractivity (Wildman–Crippen MR) is 47.2 cm³/mol. The summed E-state index contributed by atoms with van der Waals surface area (Å²) >= 11 is 5.16. The van der Waals surface area contributed by atoms with Crippen LogP contribution in [0.3, 0.4) is 0 Å². The van der Waals surface area contributed by atoms with Crippen molar-refractivity contribution in [3.8, 4) is 0 Å². The highest BCUT2D eigenvalue weighted by Crippen LogP contribution is 2.00. The average Bonchev–Trinajstić information content (AvgIpc) is 2.03. The minimum Gasteiger partial charge on any atom is -0.425 e. The van der Waals surface area contributed by atoms with Crippen molar-refractivity contribution in [2.24, 2.45) is 0 Å². The summed E-state index contributed by atoms with van der Waals surface area (Å²) in [4.78, 5) is 21.5. The van der Waals surface area contributed by atoms with Crippen molar-refractivity contribution in [1.82, 2.24) is 0 Å². The first-order valence-electron chi connectivity index (χ1n) is 3.59. The van der Waals surface area contributed by atoms with Gasteiger partial charge < -0.3 is 9.47 Å². The Morgan fingerprint density at radius 3 is 2.38 bits per heavy atom. The molecule has 0 N–H and O–H groups in total. The van der Waals surface area contributed by atoms with Crippen LogP contribution in [0, 0.1) is 0 Å². The van der Waals surface area contributed by atoms with Crippen LogP contribution in [-0.4, -0.2) is 24.1 Å². The van der Waals surface area contributed by atoms with Crippen LogP contribution in [0.25, 0.3) is 0 Å². The Balaban J connectivity index is 3.87. The fourth-order valence-corrected chi connectivity index (χ4v) is 0.555. The van der Waals surface area contributed by atoms with Gasteiger partial charge in [-0.3, -0.25) is 4.79 Å². The lowest BCUT2D eigenvalue weighted by atomic mass is 10.4. The van der Waals surface area contributed by atoms with Gasteiger partial charge >= 0.3 is 11.9 Å². The topological polar surface area (TPSA) is 52.6 Å². The number of hydrogen-bond donors (Lipinski definition) is 0. The fraction of sp³-hybridized carbons (Fsp3) is 0.500. The van der Waals surface area contributed by atoms with Crippen molar-refractivity contribution in [3.63, 3.8) is 0 Å². The van der Waals surface area contributed by atoms with Crippen LogP contribution in [0.4, 0.5) is 0 Å². The molecule has 0 spiro atoms. The Labute approximate surface area is 81.5 Å². The quantitative estimate of drug-likeness (QED) is 0.301. The van der Waals surface area contributed by atoms with E-state index in [1.54, 1.807) is 0 Å². The van der Waals surface area contributed by atoms with Gasteiger partial charge in [-0.05, 0) is 6.92 Å². The van der Waals surface area contributed by atoms with Gasteiger partial charge in [0.05, 0.1) is 0 Å². The van der Waals surface area contributed by atoms with Gasteiger partial charge in [-0.15, -0.1) is 11.6 Å². The fourth-order valence-electron chi connectivity index (χ4n) is 0.492. The van der Waals surface area contributed by atoms with E-state index in [2.05, 4.69) is 16.1 Å². The number of hydrogen-bond acceptors (Lipinski definition) is 4. The molecule has 0 aliphatic heterocycles. The van der Waals surface area contributed by atoms with Crippen molar-refractivity contribution in [3.05, 3.63) is 12.2 Å². The minimum absolute atomic E-state index is 0.244. The van der Waals surface area contributed by atoms with Gasteiger partial charge in [-0.25, -0.2) is 4.79 Å². The first kappa shape index (κ1) is 12.0. The van der Waals surface area contributed by atoms with Gasteiger partial charge in [-0.2, -0.15) is 0 Å². The minimum atomic E-state index is -0.935. The molecule has 0 aromatic heterocycles. The number of esters is 2. The first-order valence-corrected chi connectivity index (χ1v) is 4.12. The van der Waals surface area contributed by atoms with E-state index in [1.165, 1.54) is 13.8 Å². The van der Waals surface area contributed by atoms with E-state index in [1.807, 2.05) is 0 Å². The lowest BCUT2D eigenvalue weighted by Crippen LogP contribution is -2.22. The highest BCUT2D eigenvalue weighted by atomic mass is 35.5. The third-order valence-corrected chi connectivity index (χ3v) is 1.25. The molecule has 0 radical (unpaired) electrons. The molecular weight excluding hydrogens is 196 g/mol. The number of alkyl halides is 1. The molecule has 0 aliphatic rings. The van der Waals surface area contributed by atoms with Gasteiger partial charge in [0.2, 0.25) is 6.29 Å². The molecule has 0 rings (SSSR count). The Morgan fingerprint density at radius 1 is 1.46 bits per heavy atom. The zero-order valence-electron chi connectivity index (χ0n) is 7.50. The van der Waals surface area contributed by atoms with Gasteiger partial charge in [0.25, 0.3) is 0 Å². The van der Waals surface area contributed by atoms with Crippen molar-refractivity contribution in [2.45, 2.75) is 20.1 Å². The molecule has 0 saturated carbocycles. The zero-order chi connectivity index (χ0) is 10.4. The smallest absolute Gasteiger partial charge is 0.336 e. The number of carbonyl (C=O) groups is 2. The monoisotopic (exact) mass is 206 g/mol. The lowest BCUT2D eigenvalue weighted by molar-refractivity contribution is -0.179. The molecule has 1 atom stereocenters. The van der Waals surface area contributed by atoms with Crippen LogP contribution >= 0.6 is 11.6 Å². The number of halogens is 1. The largest absolute Gasteiger partial charge is 0.425 e.